The summed E-state index contributed by atoms with van der Waals surface area (Å²) >= 11 is 0. The number of hydrogen-bond donors (Lipinski definition) is 0. The molecule has 0 aliphatic rings. The molecule has 3 rings (SSSR count). The van der Waals surface area contributed by atoms with Gasteiger partial charge in [0.05, 0.1) is 12.0 Å². The first kappa shape index (κ1) is 12.2. The van der Waals surface area contributed by atoms with Gasteiger partial charge < -0.3 is 9.15 Å². The predicted molar refractivity (Wildman–Crippen MR) is 72.7 cm³/mol. The molecule has 6 heteroatoms. The molecule has 1 aromatic heterocycles. The van der Waals surface area contributed by atoms with Gasteiger partial charge in [-0.15, -0.1) is 0 Å². The zero-order chi connectivity index (χ0) is 14.1. The number of non-ortho nitro benzene ring substituents is 1. The van der Waals surface area contributed by atoms with Crippen LogP contribution in [0.4, 0.5) is 5.69 Å². The van der Waals surface area contributed by atoms with Gasteiger partial charge in [-0.1, -0.05) is 6.07 Å². The molecule has 1 heterocycles. The Morgan fingerprint density at radius 3 is 2.85 bits per heavy atom. The van der Waals surface area contributed by atoms with Gasteiger partial charge in [0.25, 0.3) is 5.69 Å². The number of nitro groups is 1. The fourth-order valence-corrected chi connectivity index (χ4v) is 1.91. The average molecular weight is 270 g/mol. The SMILES string of the molecule is COc1cccc(-c2nc3cc([N+](=O)[O-])ccc3o2)c1. The van der Waals surface area contributed by atoms with Crippen molar-refractivity contribution in [3.63, 3.8) is 0 Å². The summed E-state index contributed by atoms with van der Waals surface area (Å²) in [5.74, 6) is 1.09. The topological polar surface area (TPSA) is 78.4 Å². The van der Waals surface area contributed by atoms with Gasteiger partial charge in [-0.05, 0) is 24.3 Å². The summed E-state index contributed by atoms with van der Waals surface area (Å²) in [6.45, 7) is 0. The summed E-state index contributed by atoms with van der Waals surface area (Å²) < 4.78 is 10.7. The molecule has 0 radical (unpaired) electrons. The van der Waals surface area contributed by atoms with E-state index in [4.69, 9.17) is 9.15 Å². The van der Waals surface area contributed by atoms with E-state index in [1.54, 1.807) is 19.2 Å². The van der Waals surface area contributed by atoms with Gasteiger partial charge in [0.2, 0.25) is 5.89 Å². The molecule has 0 fully saturated rings. The van der Waals surface area contributed by atoms with Gasteiger partial charge in [0.1, 0.15) is 11.3 Å². The Morgan fingerprint density at radius 2 is 2.10 bits per heavy atom. The lowest BCUT2D eigenvalue weighted by molar-refractivity contribution is -0.384. The minimum atomic E-state index is -0.459. The molecule has 0 spiro atoms. The Kier molecular flexibility index (Phi) is 2.83. The maximum Gasteiger partial charge on any atom is 0.271 e. The van der Waals surface area contributed by atoms with Crippen molar-refractivity contribution in [2.75, 3.05) is 7.11 Å². The van der Waals surface area contributed by atoms with Gasteiger partial charge in [0.15, 0.2) is 5.58 Å². The normalized spacial score (nSPS) is 10.7. The number of aromatic nitrogens is 1. The highest BCUT2D eigenvalue weighted by Crippen LogP contribution is 2.28. The average Bonchev–Trinajstić information content (AvgIpc) is 2.90. The van der Waals surface area contributed by atoms with Crippen LogP contribution in [0, 0.1) is 10.1 Å². The Bertz CT molecular complexity index is 795. The van der Waals surface area contributed by atoms with E-state index in [-0.39, 0.29) is 5.69 Å². The first-order valence-electron chi connectivity index (χ1n) is 5.87. The van der Waals surface area contributed by atoms with Crippen molar-refractivity contribution >= 4 is 16.8 Å². The summed E-state index contributed by atoms with van der Waals surface area (Å²) in [6.07, 6.45) is 0. The molecular weight excluding hydrogens is 260 g/mol. The monoisotopic (exact) mass is 270 g/mol. The molecule has 0 aliphatic heterocycles. The van der Waals surface area contributed by atoms with Crippen molar-refractivity contribution in [2.24, 2.45) is 0 Å². The number of nitrogens with zero attached hydrogens (tertiary/aromatic N) is 2. The van der Waals surface area contributed by atoms with Crippen LogP contribution in [-0.4, -0.2) is 17.0 Å². The van der Waals surface area contributed by atoms with Gasteiger partial charge in [-0.2, -0.15) is 0 Å². The summed E-state index contributed by atoms with van der Waals surface area (Å²) in [6, 6.07) is 11.6. The Balaban J connectivity index is 2.10. The number of hydrogen-bond acceptors (Lipinski definition) is 5. The third-order valence-corrected chi connectivity index (χ3v) is 2.90. The van der Waals surface area contributed by atoms with E-state index < -0.39 is 4.92 Å². The molecule has 0 aliphatic carbocycles. The van der Waals surface area contributed by atoms with Crippen molar-refractivity contribution in [3.8, 4) is 17.2 Å². The number of oxazole rings is 1. The predicted octanol–water partition coefficient (Wildman–Crippen LogP) is 3.41. The minimum Gasteiger partial charge on any atom is -0.497 e. The van der Waals surface area contributed by atoms with Crippen LogP contribution in [0.2, 0.25) is 0 Å². The van der Waals surface area contributed by atoms with Crippen LogP contribution < -0.4 is 4.74 Å². The van der Waals surface area contributed by atoms with E-state index in [0.717, 1.165) is 5.56 Å². The van der Waals surface area contributed by atoms with Crippen molar-refractivity contribution in [1.29, 1.82) is 0 Å². The number of fused-ring (bicyclic) bond motifs is 1. The lowest BCUT2D eigenvalue weighted by Gasteiger charge is -2.00. The van der Waals surface area contributed by atoms with Crippen LogP contribution >= 0.6 is 0 Å². The highest BCUT2D eigenvalue weighted by Gasteiger charge is 2.13. The van der Waals surface area contributed by atoms with Crippen LogP contribution in [-0.2, 0) is 0 Å². The number of methoxy groups -OCH3 is 1. The van der Waals surface area contributed by atoms with Gasteiger partial charge in [-0.3, -0.25) is 10.1 Å². The van der Waals surface area contributed by atoms with E-state index >= 15 is 0 Å². The zero-order valence-electron chi connectivity index (χ0n) is 10.6. The van der Waals surface area contributed by atoms with Crippen LogP contribution in [0.15, 0.2) is 46.9 Å². The van der Waals surface area contributed by atoms with Crippen molar-refractivity contribution in [2.45, 2.75) is 0 Å². The van der Waals surface area contributed by atoms with Gasteiger partial charge in [-0.25, -0.2) is 4.98 Å². The number of ether oxygens (including phenoxy) is 1. The van der Waals surface area contributed by atoms with Crippen LogP contribution in [0.3, 0.4) is 0 Å². The molecule has 0 bridgehead atoms. The third-order valence-electron chi connectivity index (χ3n) is 2.90. The van der Waals surface area contributed by atoms with E-state index in [9.17, 15) is 10.1 Å². The fraction of sp³-hybridized carbons (Fsp3) is 0.0714. The van der Waals surface area contributed by atoms with E-state index in [1.165, 1.54) is 12.1 Å². The number of rotatable bonds is 3. The van der Waals surface area contributed by atoms with E-state index in [1.807, 2.05) is 18.2 Å². The van der Waals surface area contributed by atoms with Gasteiger partial charge >= 0.3 is 0 Å². The smallest absolute Gasteiger partial charge is 0.271 e. The second kappa shape index (κ2) is 4.65. The summed E-state index contributed by atoms with van der Waals surface area (Å²) in [5, 5.41) is 10.7. The van der Waals surface area contributed by atoms with Crippen LogP contribution in [0.25, 0.3) is 22.6 Å². The highest BCUT2D eigenvalue weighted by molar-refractivity contribution is 5.78. The summed E-state index contributed by atoms with van der Waals surface area (Å²) in [4.78, 5) is 14.6. The third kappa shape index (κ3) is 2.07. The van der Waals surface area contributed by atoms with Crippen molar-refractivity contribution < 1.29 is 14.1 Å². The lowest BCUT2D eigenvalue weighted by Crippen LogP contribution is -1.86. The Hall–Kier alpha value is -2.89. The molecule has 6 nitrogen and oxygen atoms in total. The zero-order valence-corrected chi connectivity index (χ0v) is 10.6. The fourth-order valence-electron chi connectivity index (χ4n) is 1.91. The minimum absolute atomic E-state index is 0.0111. The molecule has 0 N–H and O–H groups in total. The largest absolute Gasteiger partial charge is 0.497 e. The molecule has 0 saturated heterocycles. The van der Waals surface area contributed by atoms with E-state index in [2.05, 4.69) is 4.98 Å². The molecule has 0 saturated carbocycles. The Morgan fingerprint density at radius 1 is 1.25 bits per heavy atom. The molecule has 3 aromatic rings. The van der Waals surface area contributed by atoms with Crippen molar-refractivity contribution in [3.05, 3.63) is 52.6 Å². The molecular formula is C14H10N2O4. The van der Waals surface area contributed by atoms with Gasteiger partial charge in [0, 0.05) is 17.7 Å². The Labute approximate surface area is 113 Å². The molecule has 2 aromatic carbocycles. The second-order valence-electron chi connectivity index (χ2n) is 4.16. The first-order valence-corrected chi connectivity index (χ1v) is 5.87. The molecule has 20 heavy (non-hydrogen) atoms. The van der Waals surface area contributed by atoms with E-state index in [0.29, 0.717) is 22.7 Å². The van der Waals surface area contributed by atoms with Crippen LogP contribution in [0.1, 0.15) is 0 Å². The summed E-state index contributed by atoms with van der Waals surface area (Å²) in [7, 11) is 1.58. The molecule has 0 atom stereocenters. The molecule has 100 valence electrons. The summed E-state index contributed by atoms with van der Waals surface area (Å²) in [5.41, 5.74) is 1.71. The first-order chi connectivity index (χ1) is 9.67. The second-order valence-corrected chi connectivity index (χ2v) is 4.16. The quantitative estimate of drug-likeness (QED) is 0.538. The molecule has 0 unspecified atom stereocenters. The maximum atomic E-state index is 10.7. The number of nitro benzene ring substituents is 1. The maximum absolute atomic E-state index is 10.7. The molecule has 0 amide bonds. The standard InChI is InChI=1S/C14H10N2O4/c1-19-11-4-2-3-9(7-11)14-15-12-8-10(16(17)18)5-6-13(12)20-14/h2-8H,1H3. The van der Waals surface area contributed by atoms with Crippen molar-refractivity contribution in [1.82, 2.24) is 4.98 Å². The van der Waals surface area contributed by atoms with Crippen LogP contribution in [0.5, 0.6) is 5.75 Å². The lowest BCUT2D eigenvalue weighted by atomic mass is 10.2. The highest BCUT2D eigenvalue weighted by atomic mass is 16.6. The number of benzene rings is 2.